The summed E-state index contributed by atoms with van der Waals surface area (Å²) < 4.78 is 44.7. The highest BCUT2D eigenvalue weighted by atomic mass is 32.2. The number of halogens is 2. The Morgan fingerprint density at radius 1 is 1.27 bits per heavy atom. The number of rotatable bonds is 5. The molecule has 0 spiro atoms. The van der Waals surface area contributed by atoms with Gasteiger partial charge in [0, 0.05) is 0 Å². The number of hydrogen-bond acceptors (Lipinski definition) is 3. The van der Waals surface area contributed by atoms with Gasteiger partial charge in [-0.1, -0.05) is 35.2 Å². The number of benzene rings is 1. The molecule has 1 rings (SSSR count). The molecule has 0 aromatic heterocycles. The van der Waals surface area contributed by atoms with Crippen molar-refractivity contribution in [2.45, 2.75) is 12.4 Å². The molecule has 15 heavy (non-hydrogen) atoms. The van der Waals surface area contributed by atoms with Crippen LogP contribution in [0.3, 0.4) is 0 Å². The molecule has 0 bridgehead atoms. The molecule has 0 unspecified atom stereocenters. The molecule has 0 fully saturated rings. The van der Waals surface area contributed by atoms with Crippen molar-refractivity contribution in [3.8, 4) is 0 Å². The summed E-state index contributed by atoms with van der Waals surface area (Å²) in [7, 11) is -4.67. The summed E-state index contributed by atoms with van der Waals surface area (Å²) in [6.07, 6.45) is 0. The molecule has 0 amide bonds. The maximum Gasteiger partial charge on any atom is 0.352 e. The van der Waals surface area contributed by atoms with Crippen molar-refractivity contribution >= 4 is 10.0 Å². The van der Waals surface area contributed by atoms with E-state index in [2.05, 4.69) is 4.84 Å². The highest BCUT2D eigenvalue weighted by Gasteiger charge is 2.23. The molecule has 84 valence electrons. The SMILES string of the molecule is O=S(=O)(NOCc1ccccc1)C(F)F. The van der Waals surface area contributed by atoms with E-state index in [4.69, 9.17) is 0 Å². The van der Waals surface area contributed by atoms with Crippen LogP contribution >= 0.6 is 0 Å². The lowest BCUT2D eigenvalue weighted by Gasteiger charge is -2.05. The fraction of sp³-hybridized carbons (Fsp3) is 0.250. The molecule has 0 heterocycles. The monoisotopic (exact) mass is 237 g/mol. The van der Waals surface area contributed by atoms with Crippen molar-refractivity contribution in [2.24, 2.45) is 0 Å². The van der Waals surface area contributed by atoms with Crippen molar-refractivity contribution in [1.29, 1.82) is 0 Å². The average molecular weight is 237 g/mol. The largest absolute Gasteiger partial charge is 0.352 e. The fourth-order valence-electron chi connectivity index (χ4n) is 0.806. The Hall–Kier alpha value is -1.05. The summed E-state index contributed by atoms with van der Waals surface area (Å²) in [5, 5.41) is 0. The summed E-state index contributed by atoms with van der Waals surface area (Å²) in [6.45, 7) is -0.104. The molecule has 1 aromatic carbocycles. The van der Waals surface area contributed by atoms with Gasteiger partial charge in [0.2, 0.25) is 0 Å². The van der Waals surface area contributed by atoms with Crippen LogP contribution in [0.5, 0.6) is 0 Å². The van der Waals surface area contributed by atoms with Crippen LogP contribution in [0.2, 0.25) is 0 Å². The molecule has 1 N–H and O–H groups in total. The van der Waals surface area contributed by atoms with E-state index in [0.29, 0.717) is 5.56 Å². The van der Waals surface area contributed by atoms with Crippen molar-refractivity contribution in [2.75, 3.05) is 0 Å². The molecule has 1 aromatic rings. The molecule has 0 aliphatic carbocycles. The van der Waals surface area contributed by atoms with Gasteiger partial charge < -0.3 is 0 Å². The number of sulfonamides is 1. The molecule has 0 radical (unpaired) electrons. The molecule has 0 aliphatic heterocycles. The van der Waals surface area contributed by atoms with Crippen LogP contribution in [0.4, 0.5) is 8.78 Å². The van der Waals surface area contributed by atoms with E-state index in [-0.39, 0.29) is 6.61 Å². The molecule has 0 saturated heterocycles. The van der Waals surface area contributed by atoms with E-state index in [0.717, 1.165) is 0 Å². The van der Waals surface area contributed by atoms with Crippen LogP contribution in [-0.2, 0) is 21.5 Å². The average Bonchev–Trinajstić information content (AvgIpc) is 2.19. The van der Waals surface area contributed by atoms with Crippen LogP contribution in [-0.4, -0.2) is 14.2 Å². The first kappa shape index (κ1) is 12.0. The van der Waals surface area contributed by atoms with Gasteiger partial charge >= 0.3 is 5.76 Å². The first-order valence-corrected chi connectivity index (χ1v) is 5.51. The zero-order valence-electron chi connectivity index (χ0n) is 7.56. The first-order valence-electron chi connectivity index (χ1n) is 3.97. The molecular formula is C8H9F2NO3S. The quantitative estimate of drug-likeness (QED) is 0.784. The van der Waals surface area contributed by atoms with E-state index < -0.39 is 15.8 Å². The van der Waals surface area contributed by atoms with Gasteiger partial charge in [-0.15, -0.1) is 0 Å². The van der Waals surface area contributed by atoms with Gasteiger partial charge in [-0.25, -0.2) is 8.42 Å². The second-order valence-corrected chi connectivity index (χ2v) is 4.28. The van der Waals surface area contributed by atoms with Gasteiger partial charge in [0.25, 0.3) is 10.0 Å². The van der Waals surface area contributed by atoms with Gasteiger partial charge in [0.1, 0.15) is 0 Å². The second kappa shape index (κ2) is 5.15. The second-order valence-electron chi connectivity index (χ2n) is 2.66. The minimum absolute atomic E-state index is 0.104. The summed E-state index contributed by atoms with van der Waals surface area (Å²) in [5.74, 6) is -3.49. The summed E-state index contributed by atoms with van der Waals surface area (Å²) in [6, 6.07) is 8.57. The minimum atomic E-state index is -4.67. The standard InChI is InChI=1S/C8H9F2NO3S/c9-8(10)15(12,13)11-14-6-7-4-2-1-3-5-7/h1-5,8,11H,6H2. The minimum Gasteiger partial charge on any atom is -0.282 e. The van der Waals surface area contributed by atoms with Crippen molar-refractivity contribution in [3.63, 3.8) is 0 Å². The Balaban J connectivity index is 2.41. The summed E-state index contributed by atoms with van der Waals surface area (Å²) >= 11 is 0. The summed E-state index contributed by atoms with van der Waals surface area (Å²) in [4.78, 5) is 5.76. The Kier molecular flexibility index (Phi) is 4.13. The molecular weight excluding hydrogens is 228 g/mol. The lowest BCUT2D eigenvalue weighted by atomic mass is 10.2. The van der Waals surface area contributed by atoms with Crippen LogP contribution in [0.1, 0.15) is 5.56 Å². The molecule has 4 nitrogen and oxygen atoms in total. The van der Waals surface area contributed by atoms with Gasteiger partial charge in [-0.2, -0.15) is 8.78 Å². The number of hydrogen-bond donors (Lipinski definition) is 1. The number of alkyl halides is 2. The van der Waals surface area contributed by atoms with Gasteiger partial charge in [0.15, 0.2) is 0 Å². The van der Waals surface area contributed by atoms with Crippen molar-refractivity contribution in [3.05, 3.63) is 35.9 Å². The molecule has 0 aliphatic rings. The lowest BCUT2D eigenvalue weighted by molar-refractivity contribution is 0.0729. The van der Waals surface area contributed by atoms with Crippen molar-refractivity contribution < 1.29 is 22.0 Å². The predicted molar refractivity (Wildman–Crippen MR) is 49.3 cm³/mol. The topological polar surface area (TPSA) is 55.4 Å². The maximum absolute atomic E-state index is 11.8. The smallest absolute Gasteiger partial charge is 0.282 e. The van der Waals surface area contributed by atoms with E-state index in [1.807, 2.05) is 0 Å². The fourth-order valence-corrected chi connectivity index (χ4v) is 1.10. The van der Waals surface area contributed by atoms with E-state index in [9.17, 15) is 17.2 Å². The Bertz CT molecular complexity index is 394. The third-order valence-corrected chi connectivity index (χ3v) is 2.31. The highest BCUT2D eigenvalue weighted by Crippen LogP contribution is 2.03. The predicted octanol–water partition coefficient (Wildman–Crippen LogP) is 1.26. The first-order chi connectivity index (χ1) is 7.02. The Labute approximate surface area is 85.9 Å². The summed E-state index contributed by atoms with van der Waals surface area (Å²) in [5.41, 5.74) is 0.675. The molecule has 0 atom stereocenters. The zero-order chi connectivity index (χ0) is 11.3. The van der Waals surface area contributed by atoms with E-state index in [1.165, 1.54) is 4.89 Å². The normalized spacial score (nSPS) is 11.9. The van der Waals surface area contributed by atoms with Gasteiger partial charge in [-0.05, 0) is 5.56 Å². The zero-order valence-corrected chi connectivity index (χ0v) is 8.38. The van der Waals surface area contributed by atoms with Gasteiger partial charge in [-0.3, -0.25) is 4.84 Å². The van der Waals surface area contributed by atoms with Crippen LogP contribution < -0.4 is 4.89 Å². The van der Waals surface area contributed by atoms with Crippen LogP contribution in [0.25, 0.3) is 0 Å². The number of nitrogens with one attached hydrogen (secondary N) is 1. The van der Waals surface area contributed by atoms with Crippen LogP contribution in [0, 0.1) is 0 Å². The third kappa shape index (κ3) is 3.90. The Morgan fingerprint density at radius 3 is 2.40 bits per heavy atom. The molecule has 7 heteroatoms. The third-order valence-electron chi connectivity index (χ3n) is 1.49. The van der Waals surface area contributed by atoms with E-state index in [1.54, 1.807) is 30.3 Å². The highest BCUT2D eigenvalue weighted by molar-refractivity contribution is 7.89. The maximum atomic E-state index is 11.8. The van der Waals surface area contributed by atoms with Crippen LogP contribution in [0.15, 0.2) is 30.3 Å². The molecule has 0 saturated carbocycles. The van der Waals surface area contributed by atoms with E-state index >= 15 is 0 Å². The van der Waals surface area contributed by atoms with Gasteiger partial charge in [0.05, 0.1) is 6.61 Å². The van der Waals surface area contributed by atoms with Crippen molar-refractivity contribution in [1.82, 2.24) is 4.89 Å². The Morgan fingerprint density at radius 2 is 1.87 bits per heavy atom. The lowest BCUT2D eigenvalue weighted by Crippen LogP contribution is -2.29.